The highest BCUT2D eigenvalue weighted by molar-refractivity contribution is 5.31. The molecule has 0 unspecified atom stereocenters. The monoisotopic (exact) mass is 272 g/mol. The first-order valence-electron chi connectivity index (χ1n) is 7.18. The van der Waals surface area contributed by atoms with Crippen LogP contribution in [-0.4, -0.2) is 27.6 Å². The minimum atomic E-state index is -0.524. The largest absolute Gasteiger partial charge is 0.389 e. The lowest BCUT2D eigenvalue weighted by atomic mass is 9.89. The van der Waals surface area contributed by atoms with E-state index in [1.54, 1.807) is 10.9 Å². The molecule has 4 nitrogen and oxygen atoms in total. The van der Waals surface area contributed by atoms with Gasteiger partial charge in [0.2, 0.25) is 0 Å². The van der Waals surface area contributed by atoms with Gasteiger partial charge in [-0.1, -0.05) is 24.3 Å². The summed E-state index contributed by atoms with van der Waals surface area (Å²) in [7, 11) is 0. The van der Waals surface area contributed by atoms with E-state index >= 15 is 0 Å². The predicted octanol–water partition coefficient (Wildman–Crippen LogP) is 2.34. The number of fused-ring (bicyclic) bond motifs is 1. The molecule has 0 radical (unpaired) electrons. The Kier molecular flexibility index (Phi) is 4.14. The molecule has 0 fully saturated rings. The number of nitrogens with zero attached hydrogens (tertiary/aromatic N) is 2. The molecule has 106 valence electrons. The summed E-state index contributed by atoms with van der Waals surface area (Å²) in [5.41, 5.74) is 2.66. The number of aliphatic hydroxyl groups excluding tert-OH is 1. The summed E-state index contributed by atoms with van der Waals surface area (Å²) in [5.74, 6) is 0. The maximum atomic E-state index is 10.0. The van der Waals surface area contributed by atoms with Crippen LogP contribution in [-0.2, 0) is 17.7 Å². The van der Waals surface area contributed by atoms with Crippen LogP contribution in [0.2, 0.25) is 0 Å². The van der Waals surface area contributed by atoms with E-state index in [0.29, 0.717) is 13.2 Å². The topological polar surface area (TPSA) is 47.3 Å². The number of aryl methyl sites for hydroxylation is 1. The molecule has 0 saturated carbocycles. The highest BCUT2D eigenvalue weighted by Crippen LogP contribution is 2.32. The van der Waals surface area contributed by atoms with E-state index in [-0.39, 0.29) is 6.10 Å². The Morgan fingerprint density at radius 3 is 3.10 bits per heavy atom. The third-order valence-corrected chi connectivity index (χ3v) is 3.76. The first kappa shape index (κ1) is 13.3. The maximum Gasteiger partial charge on any atom is 0.0969 e. The summed E-state index contributed by atoms with van der Waals surface area (Å²) in [5, 5.41) is 14.1. The average Bonchev–Trinajstić information content (AvgIpc) is 2.98. The second-order valence-corrected chi connectivity index (χ2v) is 5.29. The Balaban J connectivity index is 1.56. The first-order valence-corrected chi connectivity index (χ1v) is 7.18. The minimum Gasteiger partial charge on any atom is -0.389 e. The smallest absolute Gasteiger partial charge is 0.0969 e. The lowest BCUT2D eigenvalue weighted by Gasteiger charge is -2.26. The zero-order valence-corrected chi connectivity index (χ0v) is 11.5. The minimum absolute atomic E-state index is 0.118. The van der Waals surface area contributed by atoms with Gasteiger partial charge < -0.3 is 9.84 Å². The van der Waals surface area contributed by atoms with E-state index in [9.17, 15) is 5.11 Å². The fourth-order valence-corrected chi connectivity index (χ4v) is 2.79. The van der Waals surface area contributed by atoms with Gasteiger partial charge in [-0.15, -0.1) is 0 Å². The van der Waals surface area contributed by atoms with Crippen molar-refractivity contribution in [1.82, 2.24) is 9.78 Å². The van der Waals surface area contributed by atoms with E-state index in [0.717, 1.165) is 19.3 Å². The molecule has 1 heterocycles. The van der Waals surface area contributed by atoms with E-state index in [1.165, 1.54) is 11.1 Å². The van der Waals surface area contributed by atoms with Crippen molar-refractivity contribution in [3.05, 3.63) is 53.9 Å². The molecule has 20 heavy (non-hydrogen) atoms. The normalized spacial score (nSPS) is 19.6. The van der Waals surface area contributed by atoms with E-state index in [2.05, 4.69) is 29.4 Å². The lowest BCUT2D eigenvalue weighted by Crippen LogP contribution is -2.24. The van der Waals surface area contributed by atoms with Crippen LogP contribution in [0.4, 0.5) is 0 Å². The molecule has 1 N–H and O–H groups in total. The van der Waals surface area contributed by atoms with Crippen LogP contribution >= 0.6 is 0 Å². The molecule has 2 atom stereocenters. The summed E-state index contributed by atoms with van der Waals surface area (Å²) >= 11 is 0. The van der Waals surface area contributed by atoms with Gasteiger partial charge in [-0.2, -0.15) is 5.10 Å². The Morgan fingerprint density at radius 2 is 2.25 bits per heavy atom. The summed E-state index contributed by atoms with van der Waals surface area (Å²) in [6.45, 7) is 0.820. The van der Waals surface area contributed by atoms with Crippen LogP contribution in [0.15, 0.2) is 42.7 Å². The van der Waals surface area contributed by atoms with Crippen molar-refractivity contribution in [3.8, 4) is 0 Å². The zero-order chi connectivity index (χ0) is 13.8. The predicted molar refractivity (Wildman–Crippen MR) is 76.3 cm³/mol. The van der Waals surface area contributed by atoms with Gasteiger partial charge in [0, 0.05) is 12.4 Å². The second-order valence-electron chi connectivity index (χ2n) is 5.29. The summed E-state index contributed by atoms with van der Waals surface area (Å²) in [4.78, 5) is 0. The molecule has 4 heteroatoms. The van der Waals surface area contributed by atoms with Crippen molar-refractivity contribution in [2.24, 2.45) is 0 Å². The number of aliphatic hydroxyl groups is 1. The van der Waals surface area contributed by atoms with Gasteiger partial charge in [0.05, 0.1) is 25.4 Å². The molecule has 3 rings (SSSR count). The first-order chi connectivity index (χ1) is 9.83. The number of rotatable bonds is 5. The molecular formula is C16H20N2O2. The van der Waals surface area contributed by atoms with Crippen molar-refractivity contribution in [2.45, 2.75) is 38.0 Å². The molecule has 0 amide bonds. The Bertz CT molecular complexity index is 539. The van der Waals surface area contributed by atoms with Crippen molar-refractivity contribution in [1.29, 1.82) is 0 Å². The van der Waals surface area contributed by atoms with Crippen molar-refractivity contribution < 1.29 is 9.84 Å². The Labute approximate surface area is 119 Å². The van der Waals surface area contributed by atoms with Crippen molar-refractivity contribution in [2.75, 3.05) is 6.61 Å². The van der Waals surface area contributed by atoms with Crippen LogP contribution < -0.4 is 0 Å². The summed E-state index contributed by atoms with van der Waals surface area (Å²) in [6.07, 6.45) is 6.47. The molecule has 0 bridgehead atoms. The summed E-state index contributed by atoms with van der Waals surface area (Å²) in [6, 6.07) is 10.3. The van der Waals surface area contributed by atoms with Crippen molar-refractivity contribution in [3.63, 3.8) is 0 Å². The van der Waals surface area contributed by atoms with Crippen LogP contribution in [0.5, 0.6) is 0 Å². The molecule has 0 spiro atoms. The van der Waals surface area contributed by atoms with Crippen LogP contribution in [0.25, 0.3) is 0 Å². The average molecular weight is 272 g/mol. The molecule has 1 aromatic heterocycles. The SMILES string of the molecule is O[C@H](CO[C@H]1CCCc2ccccc21)Cn1cccn1. The molecule has 1 aromatic carbocycles. The van der Waals surface area contributed by atoms with Gasteiger partial charge in [-0.3, -0.25) is 4.68 Å². The summed E-state index contributed by atoms with van der Waals surface area (Å²) < 4.78 is 7.65. The number of hydrogen-bond acceptors (Lipinski definition) is 3. The van der Waals surface area contributed by atoms with Gasteiger partial charge in [0.25, 0.3) is 0 Å². The molecule has 0 aliphatic heterocycles. The van der Waals surface area contributed by atoms with Crippen LogP contribution in [0.1, 0.15) is 30.1 Å². The van der Waals surface area contributed by atoms with Crippen LogP contribution in [0, 0.1) is 0 Å². The molecule has 2 aromatic rings. The highest BCUT2D eigenvalue weighted by atomic mass is 16.5. The molecular weight excluding hydrogens is 252 g/mol. The fourth-order valence-electron chi connectivity index (χ4n) is 2.79. The van der Waals surface area contributed by atoms with Gasteiger partial charge in [-0.25, -0.2) is 0 Å². The third kappa shape index (κ3) is 3.08. The van der Waals surface area contributed by atoms with Gasteiger partial charge in [0.15, 0.2) is 0 Å². The number of ether oxygens (including phenoxy) is 1. The molecule has 1 aliphatic rings. The quantitative estimate of drug-likeness (QED) is 0.908. The van der Waals surface area contributed by atoms with E-state index < -0.39 is 6.10 Å². The van der Waals surface area contributed by atoms with E-state index in [4.69, 9.17) is 4.74 Å². The Hall–Kier alpha value is -1.65. The maximum absolute atomic E-state index is 10.0. The van der Waals surface area contributed by atoms with Crippen LogP contribution in [0.3, 0.4) is 0 Å². The Morgan fingerprint density at radius 1 is 1.35 bits per heavy atom. The number of benzene rings is 1. The van der Waals surface area contributed by atoms with Gasteiger partial charge in [0.1, 0.15) is 0 Å². The second kappa shape index (κ2) is 6.20. The van der Waals surface area contributed by atoms with Gasteiger partial charge in [-0.05, 0) is 36.5 Å². The highest BCUT2D eigenvalue weighted by Gasteiger charge is 2.21. The lowest BCUT2D eigenvalue weighted by molar-refractivity contribution is -0.0235. The van der Waals surface area contributed by atoms with Gasteiger partial charge >= 0.3 is 0 Å². The van der Waals surface area contributed by atoms with E-state index in [1.807, 2.05) is 12.3 Å². The molecule has 1 aliphatic carbocycles. The third-order valence-electron chi connectivity index (χ3n) is 3.76. The zero-order valence-electron chi connectivity index (χ0n) is 11.5. The standard InChI is InChI=1S/C16H20N2O2/c19-14(11-18-10-4-9-17-18)12-20-16-8-3-6-13-5-1-2-7-15(13)16/h1-2,4-5,7,9-10,14,16,19H,3,6,8,11-12H2/t14-,16-/m0/s1. The molecule has 0 saturated heterocycles. The fraction of sp³-hybridized carbons (Fsp3) is 0.438. The number of hydrogen-bond donors (Lipinski definition) is 1. The van der Waals surface area contributed by atoms with Crippen molar-refractivity contribution >= 4 is 0 Å². The number of aromatic nitrogens is 2.